The summed E-state index contributed by atoms with van der Waals surface area (Å²) in [5.41, 5.74) is 0.897. The summed E-state index contributed by atoms with van der Waals surface area (Å²) < 4.78 is 8.55. The molecule has 0 spiro atoms. The van der Waals surface area contributed by atoms with E-state index in [2.05, 4.69) is 10.4 Å². The van der Waals surface area contributed by atoms with Crippen molar-refractivity contribution in [2.24, 2.45) is 7.05 Å². The van der Waals surface area contributed by atoms with Gasteiger partial charge in [-0.1, -0.05) is 18.2 Å². The predicted molar refractivity (Wildman–Crippen MR) is 76.9 cm³/mol. The van der Waals surface area contributed by atoms with Crippen LogP contribution in [-0.2, 0) is 13.6 Å². The number of para-hydroxylation sites is 1. The summed E-state index contributed by atoms with van der Waals surface area (Å²) >= 11 is 0. The number of hydrogen-bond acceptors (Lipinski definition) is 4. The molecular formula is C14H20N4O2. The van der Waals surface area contributed by atoms with Gasteiger partial charge in [-0.3, -0.25) is 4.57 Å². The zero-order valence-corrected chi connectivity index (χ0v) is 12.0. The molecule has 1 aromatic carbocycles. The van der Waals surface area contributed by atoms with E-state index in [1.165, 1.54) is 15.6 Å². The van der Waals surface area contributed by atoms with Crippen molar-refractivity contribution in [3.63, 3.8) is 0 Å². The minimum atomic E-state index is -0.126. The molecule has 1 N–H and O–H groups in total. The Labute approximate surface area is 118 Å². The third kappa shape index (κ3) is 2.91. The Kier molecular flexibility index (Phi) is 4.57. The molecule has 1 aromatic heterocycles. The molecule has 1 unspecified atom stereocenters. The largest absolute Gasteiger partial charge is 0.494 e. The van der Waals surface area contributed by atoms with Gasteiger partial charge in [-0.2, -0.15) is 5.10 Å². The standard InChI is InChI=1S/C14H20N4O2/c1-4-20-13-8-6-5-7-11(13)12(15-2)9-18-14(19)17(3)10-16-18/h5-8,10,12,15H,4,9H2,1-3H3. The number of aryl methyl sites for hydroxylation is 1. The Hall–Kier alpha value is -2.08. The highest BCUT2D eigenvalue weighted by molar-refractivity contribution is 5.35. The first-order chi connectivity index (χ1) is 9.67. The summed E-state index contributed by atoms with van der Waals surface area (Å²) in [5, 5.41) is 7.30. The van der Waals surface area contributed by atoms with Crippen molar-refractivity contribution in [1.29, 1.82) is 0 Å². The van der Waals surface area contributed by atoms with Crippen molar-refractivity contribution in [2.75, 3.05) is 13.7 Å². The van der Waals surface area contributed by atoms with Crippen molar-refractivity contribution >= 4 is 0 Å². The number of benzene rings is 1. The second-order valence-electron chi connectivity index (χ2n) is 4.52. The Morgan fingerprint density at radius 1 is 1.40 bits per heavy atom. The number of aromatic nitrogens is 3. The summed E-state index contributed by atoms with van der Waals surface area (Å²) in [6.07, 6.45) is 1.52. The molecular weight excluding hydrogens is 256 g/mol. The average molecular weight is 276 g/mol. The van der Waals surface area contributed by atoms with Gasteiger partial charge in [0.15, 0.2) is 0 Å². The lowest BCUT2D eigenvalue weighted by molar-refractivity contribution is 0.328. The maximum absolute atomic E-state index is 11.9. The van der Waals surface area contributed by atoms with Gasteiger partial charge in [0.2, 0.25) is 0 Å². The summed E-state index contributed by atoms with van der Waals surface area (Å²) in [7, 11) is 3.55. The molecule has 6 nitrogen and oxygen atoms in total. The van der Waals surface area contributed by atoms with E-state index >= 15 is 0 Å². The number of hydrogen-bond donors (Lipinski definition) is 1. The highest BCUT2D eigenvalue weighted by Crippen LogP contribution is 2.25. The topological polar surface area (TPSA) is 61.1 Å². The molecule has 0 saturated heterocycles. The normalized spacial score (nSPS) is 12.3. The molecule has 0 saturated carbocycles. The van der Waals surface area contributed by atoms with Gasteiger partial charge in [0.25, 0.3) is 0 Å². The third-order valence-corrected chi connectivity index (χ3v) is 3.19. The molecule has 0 aliphatic rings. The van der Waals surface area contributed by atoms with E-state index in [4.69, 9.17) is 4.74 Å². The van der Waals surface area contributed by atoms with Crippen molar-refractivity contribution in [1.82, 2.24) is 19.7 Å². The highest BCUT2D eigenvalue weighted by Gasteiger charge is 2.16. The second kappa shape index (κ2) is 6.38. The van der Waals surface area contributed by atoms with Gasteiger partial charge in [0.1, 0.15) is 12.1 Å². The molecule has 0 bridgehead atoms. The summed E-state index contributed by atoms with van der Waals surface area (Å²) in [4.78, 5) is 11.9. The molecule has 1 atom stereocenters. The number of nitrogens with one attached hydrogen (secondary N) is 1. The van der Waals surface area contributed by atoms with Gasteiger partial charge in [0.05, 0.1) is 19.2 Å². The smallest absolute Gasteiger partial charge is 0.345 e. The average Bonchev–Trinajstić information content (AvgIpc) is 2.78. The van der Waals surface area contributed by atoms with Gasteiger partial charge >= 0.3 is 5.69 Å². The van der Waals surface area contributed by atoms with E-state index in [0.717, 1.165) is 11.3 Å². The van der Waals surface area contributed by atoms with Crippen LogP contribution in [0.5, 0.6) is 5.75 Å². The van der Waals surface area contributed by atoms with Crippen LogP contribution in [0, 0.1) is 0 Å². The quantitative estimate of drug-likeness (QED) is 0.853. The fourth-order valence-electron chi connectivity index (χ4n) is 2.12. The fourth-order valence-corrected chi connectivity index (χ4v) is 2.12. The van der Waals surface area contributed by atoms with Crippen molar-refractivity contribution in [3.05, 3.63) is 46.6 Å². The number of nitrogens with zero attached hydrogens (tertiary/aromatic N) is 3. The van der Waals surface area contributed by atoms with Gasteiger partial charge < -0.3 is 10.1 Å². The maximum Gasteiger partial charge on any atom is 0.345 e. The zero-order valence-electron chi connectivity index (χ0n) is 12.0. The first-order valence-corrected chi connectivity index (χ1v) is 6.64. The lowest BCUT2D eigenvalue weighted by atomic mass is 10.1. The van der Waals surface area contributed by atoms with Crippen LogP contribution in [0.1, 0.15) is 18.5 Å². The van der Waals surface area contributed by atoms with Crippen LogP contribution in [0.4, 0.5) is 0 Å². The van der Waals surface area contributed by atoms with Gasteiger partial charge in [-0.25, -0.2) is 9.48 Å². The van der Waals surface area contributed by atoms with Gasteiger partial charge in [0, 0.05) is 12.6 Å². The fraction of sp³-hybridized carbons (Fsp3) is 0.429. The second-order valence-corrected chi connectivity index (χ2v) is 4.52. The first-order valence-electron chi connectivity index (χ1n) is 6.64. The monoisotopic (exact) mass is 276 g/mol. The molecule has 2 rings (SSSR count). The van der Waals surface area contributed by atoms with Crippen molar-refractivity contribution in [3.8, 4) is 5.75 Å². The molecule has 0 amide bonds. The maximum atomic E-state index is 11.9. The lowest BCUT2D eigenvalue weighted by Gasteiger charge is -2.19. The third-order valence-electron chi connectivity index (χ3n) is 3.19. The van der Waals surface area contributed by atoms with E-state index in [1.54, 1.807) is 7.05 Å². The Bertz CT molecular complexity index is 618. The van der Waals surface area contributed by atoms with E-state index in [1.807, 2.05) is 38.2 Å². The first kappa shape index (κ1) is 14.3. The van der Waals surface area contributed by atoms with E-state index in [0.29, 0.717) is 13.2 Å². The Balaban J connectivity index is 2.28. The van der Waals surface area contributed by atoms with Crippen molar-refractivity contribution in [2.45, 2.75) is 19.5 Å². The van der Waals surface area contributed by atoms with Gasteiger partial charge in [-0.05, 0) is 20.0 Å². The molecule has 0 radical (unpaired) electrons. The van der Waals surface area contributed by atoms with Gasteiger partial charge in [-0.15, -0.1) is 0 Å². The molecule has 2 aromatic rings. The molecule has 6 heteroatoms. The number of likely N-dealkylation sites (N-methyl/N-ethyl adjacent to an activating group) is 1. The molecule has 20 heavy (non-hydrogen) atoms. The van der Waals surface area contributed by atoms with Crippen LogP contribution in [-0.4, -0.2) is 28.0 Å². The lowest BCUT2D eigenvalue weighted by Crippen LogP contribution is -2.30. The van der Waals surface area contributed by atoms with Crippen LogP contribution in [0.2, 0.25) is 0 Å². The molecule has 0 fully saturated rings. The van der Waals surface area contributed by atoms with Crippen LogP contribution < -0.4 is 15.7 Å². The minimum Gasteiger partial charge on any atom is -0.494 e. The molecule has 1 heterocycles. The van der Waals surface area contributed by atoms with Crippen LogP contribution >= 0.6 is 0 Å². The SMILES string of the molecule is CCOc1ccccc1C(Cn1ncn(C)c1=O)NC. The number of ether oxygens (including phenoxy) is 1. The van der Waals surface area contributed by atoms with Crippen LogP contribution in [0.15, 0.2) is 35.4 Å². The molecule has 0 aliphatic carbocycles. The van der Waals surface area contributed by atoms with Crippen LogP contribution in [0.3, 0.4) is 0 Å². The Morgan fingerprint density at radius 2 is 2.15 bits per heavy atom. The minimum absolute atomic E-state index is 0.0367. The Morgan fingerprint density at radius 3 is 2.75 bits per heavy atom. The highest BCUT2D eigenvalue weighted by atomic mass is 16.5. The molecule has 108 valence electrons. The van der Waals surface area contributed by atoms with Crippen LogP contribution in [0.25, 0.3) is 0 Å². The molecule has 0 aliphatic heterocycles. The van der Waals surface area contributed by atoms with E-state index in [9.17, 15) is 4.79 Å². The summed E-state index contributed by atoms with van der Waals surface area (Å²) in [5.74, 6) is 0.832. The number of rotatable bonds is 6. The summed E-state index contributed by atoms with van der Waals surface area (Å²) in [6, 6.07) is 7.80. The zero-order chi connectivity index (χ0) is 14.5. The van der Waals surface area contributed by atoms with E-state index < -0.39 is 0 Å². The van der Waals surface area contributed by atoms with E-state index in [-0.39, 0.29) is 11.7 Å². The van der Waals surface area contributed by atoms with Crippen molar-refractivity contribution < 1.29 is 4.74 Å². The predicted octanol–water partition coefficient (Wildman–Crippen LogP) is 0.941. The summed E-state index contributed by atoms with van der Waals surface area (Å²) in [6.45, 7) is 3.02.